The largest absolute Gasteiger partial charge is 0.550 e. The molecule has 0 aliphatic rings. The van der Waals surface area contributed by atoms with Gasteiger partial charge >= 0.3 is 0 Å². The molecule has 0 heterocycles. The van der Waals surface area contributed by atoms with E-state index in [1.807, 2.05) is 0 Å². The van der Waals surface area contributed by atoms with Crippen LogP contribution in [0.3, 0.4) is 0 Å². The first-order valence-corrected chi connectivity index (χ1v) is 10.8. The Morgan fingerprint density at radius 2 is 1.00 bits per heavy atom. The maximum atomic E-state index is 10.0. The SMILES string of the molecule is CCCCCCCCCC(=O)[O-].CCCCCCCCC[N+](C)(C)C. The van der Waals surface area contributed by atoms with Gasteiger partial charge in [0.25, 0.3) is 0 Å². The fraction of sp³-hybridized carbons (Fsp3) is 0.955. The minimum atomic E-state index is -0.913. The zero-order chi connectivity index (χ0) is 19.4. The fourth-order valence-corrected chi connectivity index (χ4v) is 2.77. The molecule has 3 heteroatoms. The van der Waals surface area contributed by atoms with Crippen molar-refractivity contribution in [2.24, 2.45) is 0 Å². The van der Waals surface area contributed by atoms with E-state index in [4.69, 9.17) is 0 Å². The quantitative estimate of drug-likeness (QED) is 0.277. The third kappa shape index (κ3) is 31.7. The third-order valence-electron chi connectivity index (χ3n) is 4.42. The molecule has 0 rings (SSSR count). The van der Waals surface area contributed by atoms with Gasteiger partial charge in [-0.25, -0.2) is 0 Å². The van der Waals surface area contributed by atoms with Crippen molar-refractivity contribution in [1.29, 1.82) is 0 Å². The van der Waals surface area contributed by atoms with Gasteiger partial charge in [0, 0.05) is 5.97 Å². The molecule has 0 radical (unpaired) electrons. The van der Waals surface area contributed by atoms with Gasteiger partial charge < -0.3 is 14.4 Å². The van der Waals surface area contributed by atoms with Gasteiger partial charge in [-0.3, -0.25) is 0 Å². The number of carbonyl (C=O) groups excluding carboxylic acids is 1. The van der Waals surface area contributed by atoms with Crippen LogP contribution >= 0.6 is 0 Å². The number of carbonyl (C=O) groups is 1. The lowest BCUT2D eigenvalue weighted by atomic mass is 10.1. The number of aliphatic carboxylic acids is 1. The predicted octanol–water partition coefficient (Wildman–Crippen LogP) is 5.32. The number of hydrogen-bond acceptors (Lipinski definition) is 2. The number of quaternary nitrogens is 1. The first kappa shape index (κ1) is 26.7. The summed E-state index contributed by atoms with van der Waals surface area (Å²) in [7, 11) is 6.82. The Hall–Kier alpha value is -0.570. The van der Waals surface area contributed by atoms with Gasteiger partial charge in [0.2, 0.25) is 0 Å². The third-order valence-corrected chi connectivity index (χ3v) is 4.42. The molecule has 0 aromatic heterocycles. The molecule has 0 bridgehead atoms. The summed E-state index contributed by atoms with van der Waals surface area (Å²) in [6.07, 6.45) is 18.3. The first-order valence-electron chi connectivity index (χ1n) is 10.8. The zero-order valence-corrected chi connectivity index (χ0v) is 18.1. The molecule has 0 unspecified atom stereocenters. The van der Waals surface area contributed by atoms with Crippen molar-refractivity contribution in [1.82, 2.24) is 0 Å². The van der Waals surface area contributed by atoms with Crippen LogP contribution in [0, 0.1) is 0 Å². The summed E-state index contributed by atoms with van der Waals surface area (Å²) in [4.78, 5) is 10.0. The standard InChI is InChI=1S/C12H28N.C10H20O2/c1-5-6-7-8-9-10-11-12-13(2,3)4;1-2-3-4-5-6-7-8-9-10(11)12/h5-12H2,1-4H3;2-9H2,1H3,(H,11,12)/q+1;/p-1. The summed E-state index contributed by atoms with van der Waals surface area (Å²) >= 11 is 0. The molecule has 0 aromatic carbocycles. The molecular weight excluding hydrogens is 310 g/mol. The molecule has 25 heavy (non-hydrogen) atoms. The molecule has 0 N–H and O–H groups in total. The van der Waals surface area contributed by atoms with Gasteiger partial charge in [0.05, 0.1) is 27.7 Å². The average Bonchev–Trinajstić information content (AvgIpc) is 2.52. The van der Waals surface area contributed by atoms with E-state index in [2.05, 4.69) is 35.0 Å². The molecule has 0 amide bonds. The number of nitrogens with zero attached hydrogens (tertiary/aromatic N) is 1. The Morgan fingerprint density at radius 3 is 1.36 bits per heavy atom. The zero-order valence-electron chi connectivity index (χ0n) is 18.1. The summed E-state index contributed by atoms with van der Waals surface area (Å²) in [6, 6.07) is 0. The van der Waals surface area contributed by atoms with Crippen LogP contribution in [0.5, 0.6) is 0 Å². The van der Waals surface area contributed by atoms with Crippen molar-refractivity contribution < 1.29 is 14.4 Å². The van der Waals surface area contributed by atoms with E-state index in [1.54, 1.807) is 0 Å². The minimum absolute atomic E-state index is 0.230. The molecular formula is C22H47NO2. The second-order valence-electron chi connectivity index (χ2n) is 8.38. The minimum Gasteiger partial charge on any atom is -0.550 e. The highest BCUT2D eigenvalue weighted by Crippen LogP contribution is 2.08. The van der Waals surface area contributed by atoms with E-state index < -0.39 is 5.97 Å². The Labute approximate surface area is 158 Å². The molecule has 0 saturated carbocycles. The van der Waals surface area contributed by atoms with Crippen molar-refractivity contribution >= 4 is 5.97 Å². The lowest BCUT2D eigenvalue weighted by molar-refractivity contribution is -0.870. The molecule has 0 spiro atoms. The topological polar surface area (TPSA) is 40.1 Å². The number of carboxylic acid groups (broad SMARTS) is 1. The molecule has 0 fully saturated rings. The number of carboxylic acids is 1. The Bertz CT molecular complexity index is 272. The maximum Gasteiger partial charge on any atom is 0.0780 e. The second-order valence-corrected chi connectivity index (χ2v) is 8.38. The van der Waals surface area contributed by atoms with Crippen LogP contribution < -0.4 is 5.11 Å². The highest BCUT2D eigenvalue weighted by molar-refractivity contribution is 5.63. The summed E-state index contributed by atoms with van der Waals surface area (Å²) < 4.78 is 1.12. The normalized spacial score (nSPS) is 11.1. The fourth-order valence-electron chi connectivity index (χ4n) is 2.77. The van der Waals surface area contributed by atoms with E-state index in [1.165, 1.54) is 83.6 Å². The molecule has 0 aromatic rings. The van der Waals surface area contributed by atoms with Crippen LogP contribution in [0.1, 0.15) is 110 Å². The van der Waals surface area contributed by atoms with E-state index in [0.717, 1.165) is 17.3 Å². The van der Waals surface area contributed by atoms with E-state index >= 15 is 0 Å². The van der Waals surface area contributed by atoms with Gasteiger partial charge in [-0.05, 0) is 25.7 Å². The van der Waals surface area contributed by atoms with Crippen molar-refractivity contribution in [3.8, 4) is 0 Å². The van der Waals surface area contributed by atoms with E-state index in [0.29, 0.717) is 0 Å². The number of hydrogen-bond donors (Lipinski definition) is 0. The van der Waals surface area contributed by atoms with Crippen molar-refractivity contribution in [2.75, 3.05) is 27.7 Å². The molecule has 0 atom stereocenters. The molecule has 0 saturated heterocycles. The van der Waals surface area contributed by atoms with Gasteiger partial charge in [-0.2, -0.15) is 0 Å². The van der Waals surface area contributed by atoms with Crippen LogP contribution in [-0.2, 0) is 4.79 Å². The van der Waals surface area contributed by atoms with Crippen molar-refractivity contribution in [3.05, 3.63) is 0 Å². The number of unbranched alkanes of at least 4 members (excludes halogenated alkanes) is 12. The highest BCUT2D eigenvalue weighted by atomic mass is 16.4. The highest BCUT2D eigenvalue weighted by Gasteiger charge is 2.04. The van der Waals surface area contributed by atoms with Gasteiger partial charge in [0.15, 0.2) is 0 Å². The molecule has 0 aliphatic carbocycles. The van der Waals surface area contributed by atoms with Crippen LogP contribution in [0.15, 0.2) is 0 Å². The second kappa shape index (κ2) is 19.8. The van der Waals surface area contributed by atoms with Crippen LogP contribution in [0.2, 0.25) is 0 Å². The summed E-state index contributed by atoms with van der Waals surface area (Å²) in [5, 5.41) is 10.0. The van der Waals surface area contributed by atoms with Crippen LogP contribution in [0.4, 0.5) is 0 Å². The lowest BCUT2D eigenvalue weighted by Crippen LogP contribution is -2.35. The monoisotopic (exact) mass is 357 g/mol. The van der Waals surface area contributed by atoms with Crippen LogP contribution in [0.25, 0.3) is 0 Å². The van der Waals surface area contributed by atoms with Crippen LogP contribution in [-0.4, -0.2) is 38.1 Å². The van der Waals surface area contributed by atoms with Crippen molar-refractivity contribution in [2.45, 2.75) is 110 Å². The predicted molar refractivity (Wildman–Crippen MR) is 109 cm³/mol. The maximum absolute atomic E-state index is 10.0. The van der Waals surface area contributed by atoms with Gasteiger partial charge in [0.1, 0.15) is 0 Å². The Balaban J connectivity index is 0. The average molecular weight is 358 g/mol. The molecule has 3 nitrogen and oxygen atoms in total. The smallest absolute Gasteiger partial charge is 0.0780 e. The Kier molecular flexibility index (Phi) is 21.1. The molecule has 152 valence electrons. The van der Waals surface area contributed by atoms with Gasteiger partial charge in [-0.1, -0.05) is 84.5 Å². The first-order chi connectivity index (χ1) is 11.8. The summed E-state index contributed by atoms with van der Waals surface area (Å²) in [6.45, 7) is 5.79. The lowest BCUT2D eigenvalue weighted by Gasteiger charge is -2.23. The summed E-state index contributed by atoms with van der Waals surface area (Å²) in [5.74, 6) is -0.913. The van der Waals surface area contributed by atoms with E-state index in [-0.39, 0.29) is 6.42 Å². The van der Waals surface area contributed by atoms with Crippen molar-refractivity contribution in [3.63, 3.8) is 0 Å². The van der Waals surface area contributed by atoms with Gasteiger partial charge in [-0.15, -0.1) is 0 Å². The molecule has 0 aliphatic heterocycles. The number of rotatable bonds is 16. The van der Waals surface area contributed by atoms with E-state index in [9.17, 15) is 9.90 Å². The Morgan fingerprint density at radius 1 is 0.640 bits per heavy atom. The summed E-state index contributed by atoms with van der Waals surface area (Å²) in [5.41, 5.74) is 0.